The minimum Gasteiger partial charge on any atom is -0.478 e. The number of hydrogen-bond donors (Lipinski definition) is 2. The van der Waals surface area contributed by atoms with E-state index in [0.717, 1.165) is 4.90 Å². The van der Waals surface area contributed by atoms with Crippen molar-refractivity contribution in [2.75, 3.05) is 5.32 Å². The molecule has 0 radical (unpaired) electrons. The van der Waals surface area contributed by atoms with Gasteiger partial charge >= 0.3 is 5.97 Å². The average molecular weight is 469 g/mol. The monoisotopic (exact) mass is 468 g/mol. The molecule has 5 nitrogen and oxygen atoms in total. The molecule has 4 rings (SSSR count). The summed E-state index contributed by atoms with van der Waals surface area (Å²) in [5, 5.41) is 12.6. The summed E-state index contributed by atoms with van der Waals surface area (Å²) in [6, 6.07) is 18.7. The summed E-state index contributed by atoms with van der Waals surface area (Å²) in [4.78, 5) is 25.4. The van der Waals surface area contributed by atoms with Crippen molar-refractivity contribution in [2.24, 2.45) is 0 Å². The molecule has 0 spiro atoms. The number of benzene rings is 3. The van der Waals surface area contributed by atoms with E-state index >= 15 is 4.39 Å². The molecule has 0 aliphatic heterocycles. The van der Waals surface area contributed by atoms with Gasteiger partial charge in [-0.2, -0.15) is 0 Å². The van der Waals surface area contributed by atoms with Crippen molar-refractivity contribution in [3.8, 4) is 0 Å². The number of aromatic carboxylic acids is 1. The van der Waals surface area contributed by atoms with Crippen LogP contribution in [-0.4, -0.2) is 21.6 Å². The summed E-state index contributed by atoms with van der Waals surface area (Å²) >= 11 is 7.36. The summed E-state index contributed by atoms with van der Waals surface area (Å²) < 4.78 is 16.7. The molecule has 0 unspecified atom stereocenters. The summed E-state index contributed by atoms with van der Waals surface area (Å²) in [5.41, 5.74) is 1.71. The van der Waals surface area contributed by atoms with Crippen LogP contribution in [0.5, 0.6) is 0 Å². The standard InChI is InChI=1S/C24H18ClFN2O3S/c1-14-23(32-17-9-5-6-15(12-17)24(30)31)18-10-11-19(25)21(26)22(18)28(14)13-20(29)27-16-7-3-2-4-8-16/h2-12H,13H2,1H3,(H,27,29)(H,30,31). The molecule has 1 aromatic heterocycles. The number of nitrogens with zero attached hydrogens (tertiary/aromatic N) is 1. The van der Waals surface area contributed by atoms with Crippen LogP contribution in [0.25, 0.3) is 10.9 Å². The number of anilines is 1. The van der Waals surface area contributed by atoms with Crippen molar-refractivity contribution in [3.63, 3.8) is 0 Å². The van der Waals surface area contributed by atoms with E-state index in [2.05, 4.69) is 5.32 Å². The van der Waals surface area contributed by atoms with Gasteiger partial charge < -0.3 is 15.0 Å². The Morgan fingerprint density at radius 2 is 1.84 bits per heavy atom. The zero-order valence-electron chi connectivity index (χ0n) is 16.9. The van der Waals surface area contributed by atoms with Crippen molar-refractivity contribution in [1.82, 2.24) is 4.57 Å². The Kier molecular flexibility index (Phi) is 6.21. The number of aromatic nitrogens is 1. The average Bonchev–Trinajstić information content (AvgIpc) is 3.03. The number of para-hydroxylation sites is 1. The van der Waals surface area contributed by atoms with Crippen LogP contribution in [-0.2, 0) is 11.3 Å². The Morgan fingerprint density at radius 1 is 1.09 bits per heavy atom. The molecule has 2 N–H and O–H groups in total. The van der Waals surface area contributed by atoms with E-state index in [1.165, 1.54) is 23.9 Å². The maximum absolute atomic E-state index is 15.1. The minimum absolute atomic E-state index is 0.0378. The molecule has 0 bridgehead atoms. The fourth-order valence-electron chi connectivity index (χ4n) is 3.47. The number of hydrogen-bond acceptors (Lipinski definition) is 3. The Balaban J connectivity index is 1.75. The van der Waals surface area contributed by atoms with Gasteiger partial charge in [-0.25, -0.2) is 9.18 Å². The maximum Gasteiger partial charge on any atom is 0.335 e. The van der Waals surface area contributed by atoms with Gasteiger partial charge in [-0.3, -0.25) is 4.79 Å². The Labute approximate surface area is 192 Å². The second-order valence-electron chi connectivity index (χ2n) is 7.11. The summed E-state index contributed by atoms with van der Waals surface area (Å²) in [5.74, 6) is -1.94. The topological polar surface area (TPSA) is 71.3 Å². The van der Waals surface area contributed by atoms with Crippen LogP contribution in [0.2, 0.25) is 5.02 Å². The molecule has 0 saturated carbocycles. The fraction of sp³-hybridized carbons (Fsp3) is 0.0833. The van der Waals surface area contributed by atoms with Gasteiger partial charge in [0.2, 0.25) is 5.91 Å². The number of carbonyl (C=O) groups is 2. The number of fused-ring (bicyclic) bond motifs is 1. The van der Waals surface area contributed by atoms with Gasteiger partial charge in [-0.05, 0) is 49.4 Å². The second-order valence-corrected chi connectivity index (χ2v) is 8.60. The number of nitrogens with one attached hydrogen (secondary N) is 1. The predicted molar refractivity (Wildman–Crippen MR) is 124 cm³/mol. The molecule has 0 aliphatic rings. The predicted octanol–water partition coefficient (Wildman–Crippen LogP) is 6.23. The largest absolute Gasteiger partial charge is 0.478 e. The second kappa shape index (κ2) is 9.06. The highest BCUT2D eigenvalue weighted by Crippen LogP contribution is 2.40. The molecule has 0 saturated heterocycles. The maximum atomic E-state index is 15.1. The van der Waals surface area contributed by atoms with E-state index in [0.29, 0.717) is 21.7 Å². The zero-order chi connectivity index (χ0) is 22.8. The first-order valence-electron chi connectivity index (χ1n) is 9.68. The van der Waals surface area contributed by atoms with Crippen LogP contribution in [0.15, 0.2) is 76.5 Å². The van der Waals surface area contributed by atoms with Crippen LogP contribution in [0.1, 0.15) is 16.1 Å². The van der Waals surface area contributed by atoms with Gasteiger partial charge in [0.1, 0.15) is 6.54 Å². The first-order chi connectivity index (χ1) is 15.3. The third kappa shape index (κ3) is 4.35. The van der Waals surface area contributed by atoms with Gasteiger partial charge in [0.05, 0.1) is 16.1 Å². The molecule has 0 fully saturated rings. The molecule has 4 aromatic rings. The number of halogens is 2. The highest BCUT2D eigenvalue weighted by Gasteiger charge is 2.22. The lowest BCUT2D eigenvalue weighted by Crippen LogP contribution is -2.19. The highest BCUT2D eigenvalue weighted by atomic mass is 35.5. The van der Waals surface area contributed by atoms with Gasteiger partial charge in [-0.1, -0.05) is 47.6 Å². The Morgan fingerprint density at radius 3 is 2.56 bits per heavy atom. The van der Waals surface area contributed by atoms with Gasteiger partial charge in [0.25, 0.3) is 0 Å². The highest BCUT2D eigenvalue weighted by molar-refractivity contribution is 7.99. The fourth-order valence-corrected chi connectivity index (χ4v) is 4.73. The van der Waals surface area contributed by atoms with Crippen LogP contribution in [0.3, 0.4) is 0 Å². The van der Waals surface area contributed by atoms with E-state index in [4.69, 9.17) is 11.6 Å². The lowest BCUT2D eigenvalue weighted by molar-refractivity contribution is -0.116. The van der Waals surface area contributed by atoms with E-state index in [-0.39, 0.29) is 28.6 Å². The van der Waals surface area contributed by atoms with Crippen LogP contribution in [0, 0.1) is 12.7 Å². The number of carbonyl (C=O) groups excluding carboxylic acids is 1. The molecule has 3 aromatic carbocycles. The smallest absolute Gasteiger partial charge is 0.335 e. The lowest BCUT2D eigenvalue weighted by Gasteiger charge is -2.10. The lowest BCUT2D eigenvalue weighted by atomic mass is 10.2. The first kappa shape index (κ1) is 21.9. The van der Waals surface area contributed by atoms with Crippen molar-refractivity contribution in [1.29, 1.82) is 0 Å². The summed E-state index contributed by atoms with van der Waals surface area (Å²) in [6.45, 7) is 1.69. The molecule has 0 atom stereocenters. The molecular formula is C24H18ClFN2O3S. The molecule has 0 aliphatic carbocycles. The number of carboxylic acid groups (broad SMARTS) is 1. The van der Waals surface area contributed by atoms with E-state index in [1.54, 1.807) is 47.9 Å². The molecular weight excluding hydrogens is 451 g/mol. The van der Waals surface area contributed by atoms with Gasteiger partial charge in [0.15, 0.2) is 5.82 Å². The van der Waals surface area contributed by atoms with E-state index in [9.17, 15) is 14.7 Å². The third-order valence-electron chi connectivity index (χ3n) is 4.98. The van der Waals surface area contributed by atoms with Crippen LogP contribution >= 0.6 is 23.4 Å². The molecule has 1 amide bonds. The third-order valence-corrected chi connectivity index (χ3v) is 6.48. The first-order valence-corrected chi connectivity index (χ1v) is 10.9. The van der Waals surface area contributed by atoms with Crippen molar-refractivity contribution in [2.45, 2.75) is 23.3 Å². The Bertz CT molecular complexity index is 1340. The number of carboxylic acids is 1. The van der Waals surface area contributed by atoms with Gasteiger partial charge in [0, 0.05) is 26.6 Å². The summed E-state index contributed by atoms with van der Waals surface area (Å²) in [7, 11) is 0. The number of amides is 1. The molecule has 32 heavy (non-hydrogen) atoms. The van der Waals surface area contributed by atoms with Crippen molar-refractivity contribution >= 4 is 51.8 Å². The molecule has 162 valence electrons. The van der Waals surface area contributed by atoms with E-state index < -0.39 is 11.8 Å². The van der Waals surface area contributed by atoms with Crippen LogP contribution < -0.4 is 5.32 Å². The normalized spacial score (nSPS) is 11.0. The summed E-state index contributed by atoms with van der Waals surface area (Å²) in [6.07, 6.45) is 0. The minimum atomic E-state index is -1.03. The van der Waals surface area contributed by atoms with Gasteiger partial charge in [-0.15, -0.1) is 0 Å². The Hall–Kier alpha value is -3.29. The van der Waals surface area contributed by atoms with E-state index in [1.807, 2.05) is 18.2 Å². The zero-order valence-corrected chi connectivity index (χ0v) is 18.5. The van der Waals surface area contributed by atoms with Crippen molar-refractivity contribution in [3.05, 3.63) is 88.8 Å². The van der Waals surface area contributed by atoms with Crippen molar-refractivity contribution < 1.29 is 19.1 Å². The number of rotatable bonds is 6. The quantitative estimate of drug-likeness (QED) is 0.352. The molecule has 1 heterocycles. The molecule has 8 heteroatoms. The SMILES string of the molecule is Cc1c(Sc2cccc(C(=O)O)c2)c2ccc(Cl)c(F)c2n1CC(=O)Nc1ccccc1. The van der Waals surface area contributed by atoms with Crippen LogP contribution in [0.4, 0.5) is 10.1 Å².